The Morgan fingerprint density at radius 1 is 1.42 bits per heavy atom. The van der Waals surface area contributed by atoms with Crippen molar-refractivity contribution in [2.24, 2.45) is 5.92 Å². The molecule has 0 aromatic heterocycles. The summed E-state index contributed by atoms with van der Waals surface area (Å²) in [6, 6.07) is 7.74. The molecule has 104 valence electrons. The van der Waals surface area contributed by atoms with Crippen LogP contribution in [0.5, 0.6) is 5.75 Å². The van der Waals surface area contributed by atoms with E-state index in [1.54, 1.807) is 7.11 Å². The van der Waals surface area contributed by atoms with Gasteiger partial charge in [-0.2, -0.15) is 0 Å². The van der Waals surface area contributed by atoms with Crippen LogP contribution in [0.2, 0.25) is 0 Å². The SMILES string of the molecule is COc1ccccc1[C@H]1OC(C)(C)OC[C@H]1CC=O. The first-order valence-electron chi connectivity index (χ1n) is 6.45. The number of aldehydes is 1. The average Bonchev–Trinajstić information content (AvgIpc) is 2.40. The van der Waals surface area contributed by atoms with E-state index in [2.05, 4.69) is 0 Å². The summed E-state index contributed by atoms with van der Waals surface area (Å²) in [5.41, 5.74) is 0.966. The number of para-hydroxylation sites is 1. The van der Waals surface area contributed by atoms with Gasteiger partial charge in [0.05, 0.1) is 19.8 Å². The number of hydrogen-bond donors (Lipinski definition) is 0. The van der Waals surface area contributed by atoms with E-state index in [9.17, 15) is 4.79 Å². The summed E-state index contributed by atoms with van der Waals surface area (Å²) in [6.07, 6.45) is 1.14. The Labute approximate surface area is 113 Å². The molecule has 2 rings (SSSR count). The molecule has 0 aliphatic carbocycles. The van der Waals surface area contributed by atoms with Crippen molar-refractivity contribution in [1.82, 2.24) is 0 Å². The third-order valence-corrected chi connectivity index (χ3v) is 3.33. The van der Waals surface area contributed by atoms with Gasteiger partial charge < -0.3 is 19.0 Å². The number of ether oxygens (including phenoxy) is 3. The predicted octanol–water partition coefficient (Wildman–Crippen LogP) is 2.72. The van der Waals surface area contributed by atoms with E-state index in [0.29, 0.717) is 13.0 Å². The van der Waals surface area contributed by atoms with E-state index in [-0.39, 0.29) is 12.0 Å². The quantitative estimate of drug-likeness (QED) is 0.784. The smallest absolute Gasteiger partial charge is 0.163 e. The predicted molar refractivity (Wildman–Crippen MR) is 71.0 cm³/mol. The Kier molecular flexibility index (Phi) is 4.22. The zero-order valence-electron chi connectivity index (χ0n) is 11.6. The molecule has 4 heteroatoms. The lowest BCUT2D eigenvalue weighted by molar-refractivity contribution is -0.295. The molecule has 19 heavy (non-hydrogen) atoms. The highest BCUT2D eigenvalue weighted by molar-refractivity contribution is 5.50. The number of methoxy groups -OCH3 is 1. The molecule has 1 saturated heterocycles. The van der Waals surface area contributed by atoms with Gasteiger partial charge in [-0.15, -0.1) is 0 Å². The molecule has 2 atom stereocenters. The lowest BCUT2D eigenvalue weighted by Gasteiger charge is -2.41. The second-order valence-electron chi connectivity index (χ2n) is 5.15. The average molecular weight is 264 g/mol. The van der Waals surface area contributed by atoms with Crippen LogP contribution in [0.15, 0.2) is 24.3 Å². The molecule has 1 fully saturated rings. The summed E-state index contributed by atoms with van der Waals surface area (Å²) in [5.74, 6) is 0.146. The maximum absolute atomic E-state index is 10.8. The van der Waals surface area contributed by atoms with Crippen molar-refractivity contribution in [2.75, 3.05) is 13.7 Å². The minimum atomic E-state index is -0.648. The largest absolute Gasteiger partial charge is 0.496 e. The fourth-order valence-electron chi connectivity index (χ4n) is 2.37. The van der Waals surface area contributed by atoms with Crippen LogP contribution < -0.4 is 4.74 Å². The maximum atomic E-state index is 10.8. The molecular formula is C15H20O4. The first-order chi connectivity index (χ1) is 9.07. The standard InChI is InChI=1S/C15H20O4/c1-15(2)18-10-11(8-9-16)14(19-15)12-6-4-5-7-13(12)17-3/h4-7,9,11,14H,8,10H2,1-3H3/t11-,14+/m1/s1. The third kappa shape index (κ3) is 3.14. The molecule has 1 aromatic rings. The lowest BCUT2D eigenvalue weighted by Crippen LogP contribution is -2.41. The molecule has 1 aliphatic rings. The van der Waals surface area contributed by atoms with Gasteiger partial charge in [-0.25, -0.2) is 0 Å². The van der Waals surface area contributed by atoms with Gasteiger partial charge in [0.15, 0.2) is 5.79 Å². The van der Waals surface area contributed by atoms with E-state index in [0.717, 1.165) is 17.6 Å². The highest BCUT2D eigenvalue weighted by Crippen LogP contribution is 2.41. The normalized spacial score (nSPS) is 25.8. The maximum Gasteiger partial charge on any atom is 0.163 e. The molecule has 0 N–H and O–H groups in total. The number of carbonyl (C=O) groups is 1. The molecule has 1 heterocycles. The van der Waals surface area contributed by atoms with Crippen LogP contribution in [-0.2, 0) is 14.3 Å². The molecule has 4 nitrogen and oxygen atoms in total. The summed E-state index contributed by atoms with van der Waals surface area (Å²) in [6.45, 7) is 4.27. The summed E-state index contributed by atoms with van der Waals surface area (Å²) in [4.78, 5) is 10.8. The summed E-state index contributed by atoms with van der Waals surface area (Å²) < 4.78 is 17.0. The molecule has 0 saturated carbocycles. The zero-order valence-corrected chi connectivity index (χ0v) is 11.6. The Bertz CT molecular complexity index is 442. The monoisotopic (exact) mass is 264 g/mol. The van der Waals surface area contributed by atoms with Crippen molar-refractivity contribution in [1.29, 1.82) is 0 Å². The summed E-state index contributed by atoms with van der Waals surface area (Å²) >= 11 is 0. The molecule has 0 unspecified atom stereocenters. The van der Waals surface area contributed by atoms with Gasteiger partial charge in [-0.3, -0.25) is 0 Å². The number of hydrogen-bond acceptors (Lipinski definition) is 4. The molecule has 0 amide bonds. The number of carbonyl (C=O) groups excluding carboxylic acids is 1. The number of rotatable bonds is 4. The van der Waals surface area contributed by atoms with Gasteiger partial charge in [0.1, 0.15) is 12.0 Å². The first-order valence-corrected chi connectivity index (χ1v) is 6.45. The van der Waals surface area contributed by atoms with Gasteiger partial charge in [0, 0.05) is 17.9 Å². The minimum Gasteiger partial charge on any atom is -0.496 e. The van der Waals surface area contributed by atoms with Crippen molar-refractivity contribution in [3.05, 3.63) is 29.8 Å². The second kappa shape index (κ2) is 5.72. The van der Waals surface area contributed by atoms with E-state index >= 15 is 0 Å². The Hall–Kier alpha value is -1.39. The van der Waals surface area contributed by atoms with Crippen molar-refractivity contribution in [3.63, 3.8) is 0 Å². The van der Waals surface area contributed by atoms with E-state index in [1.807, 2.05) is 38.1 Å². The highest BCUT2D eigenvalue weighted by Gasteiger charge is 2.38. The van der Waals surface area contributed by atoms with Crippen molar-refractivity contribution in [2.45, 2.75) is 32.2 Å². The topological polar surface area (TPSA) is 44.8 Å². The summed E-state index contributed by atoms with van der Waals surface area (Å²) in [5, 5.41) is 0. The highest BCUT2D eigenvalue weighted by atomic mass is 16.7. The Morgan fingerprint density at radius 3 is 2.84 bits per heavy atom. The van der Waals surface area contributed by atoms with Gasteiger partial charge >= 0.3 is 0 Å². The van der Waals surface area contributed by atoms with Crippen LogP contribution in [0.3, 0.4) is 0 Å². The Balaban J connectivity index is 2.33. The molecule has 0 bridgehead atoms. The van der Waals surface area contributed by atoms with Crippen LogP contribution in [-0.4, -0.2) is 25.8 Å². The molecule has 0 radical (unpaired) electrons. The van der Waals surface area contributed by atoms with Crippen molar-refractivity contribution >= 4 is 6.29 Å². The van der Waals surface area contributed by atoms with Gasteiger partial charge in [0.25, 0.3) is 0 Å². The van der Waals surface area contributed by atoms with Crippen LogP contribution in [0.1, 0.15) is 31.9 Å². The Morgan fingerprint density at radius 2 is 2.16 bits per heavy atom. The van der Waals surface area contributed by atoms with E-state index in [4.69, 9.17) is 14.2 Å². The lowest BCUT2D eigenvalue weighted by atomic mass is 9.91. The molecular weight excluding hydrogens is 244 g/mol. The molecule has 1 aliphatic heterocycles. The van der Waals surface area contributed by atoms with Crippen LogP contribution >= 0.6 is 0 Å². The summed E-state index contributed by atoms with van der Waals surface area (Å²) in [7, 11) is 1.64. The minimum absolute atomic E-state index is 0.0156. The van der Waals surface area contributed by atoms with E-state index < -0.39 is 5.79 Å². The van der Waals surface area contributed by atoms with Gasteiger partial charge in [-0.1, -0.05) is 18.2 Å². The van der Waals surface area contributed by atoms with Crippen molar-refractivity contribution < 1.29 is 19.0 Å². The van der Waals surface area contributed by atoms with Crippen LogP contribution in [0.4, 0.5) is 0 Å². The van der Waals surface area contributed by atoms with Crippen LogP contribution in [0.25, 0.3) is 0 Å². The fraction of sp³-hybridized carbons (Fsp3) is 0.533. The zero-order chi connectivity index (χ0) is 13.9. The number of benzene rings is 1. The second-order valence-corrected chi connectivity index (χ2v) is 5.15. The third-order valence-electron chi connectivity index (χ3n) is 3.33. The first kappa shape index (κ1) is 14.0. The van der Waals surface area contributed by atoms with Gasteiger partial charge in [-0.05, 0) is 19.9 Å². The van der Waals surface area contributed by atoms with Crippen LogP contribution in [0, 0.1) is 5.92 Å². The fourth-order valence-corrected chi connectivity index (χ4v) is 2.37. The van der Waals surface area contributed by atoms with Gasteiger partial charge in [0.2, 0.25) is 0 Å². The molecule has 0 spiro atoms. The van der Waals surface area contributed by atoms with E-state index in [1.165, 1.54) is 0 Å². The van der Waals surface area contributed by atoms with Crippen molar-refractivity contribution in [3.8, 4) is 5.75 Å². The molecule has 1 aromatic carbocycles.